The first-order chi connectivity index (χ1) is 11.4. The first-order valence-electron chi connectivity index (χ1n) is 7.72. The van der Waals surface area contributed by atoms with E-state index in [0.717, 1.165) is 35.6 Å². The summed E-state index contributed by atoms with van der Waals surface area (Å²) in [7, 11) is 0. The molecule has 114 valence electrons. The van der Waals surface area contributed by atoms with Gasteiger partial charge in [0.2, 0.25) is 5.95 Å². The highest BCUT2D eigenvalue weighted by Gasteiger charge is 2.10. The number of nitrogens with one attached hydrogen (secondary N) is 2. The lowest BCUT2D eigenvalue weighted by Gasteiger charge is -2.08. The molecule has 2 aromatic carbocycles. The average Bonchev–Trinajstić information content (AvgIpc) is 3.15. The Hall–Kier alpha value is -3.01. The van der Waals surface area contributed by atoms with Gasteiger partial charge in [-0.1, -0.05) is 36.4 Å². The molecule has 0 atom stereocenters. The second-order valence-electron chi connectivity index (χ2n) is 5.54. The predicted molar refractivity (Wildman–Crippen MR) is 95.6 cm³/mol. The van der Waals surface area contributed by atoms with Crippen LogP contribution in [0.3, 0.4) is 0 Å². The molecule has 23 heavy (non-hydrogen) atoms. The van der Waals surface area contributed by atoms with Crippen molar-refractivity contribution < 1.29 is 0 Å². The quantitative estimate of drug-likeness (QED) is 0.539. The van der Waals surface area contributed by atoms with E-state index in [2.05, 4.69) is 51.9 Å². The molecule has 0 spiro atoms. The molecular weight excluding hydrogens is 284 g/mol. The number of aromatic nitrogens is 3. The fraction of sp³-hybridized carbons (Fsp3) is 0.105. The number of benzene rings is 2. The van der Waals surface area contributed by atoms with Crippen LogP contribution in [0, 0.1) is 0 Å². The Bertz CT molecular complexity index is 977. The highest BCUT2D eigenvalue weighted by Crippen LogP contribution is 2.22. The van der Waals surface area contributed by atoms with Crippen LogP contribution in [0.15, 0.2) is 67.4 Å². The Morgan fingerprint density at radius 3 is 2.87 bits per heavy atom. The molecular formula is C19H18N4. The van der Waals surface area contributed by atoms with Crippen LogP contribution in [-0.4, -0.2) is 14.5 Å². The molecule has 0 radical (unpaired) electrons. The number of para-hydroxylation sites is 3. The average molecular weight is 302 g/mol. The van der Waals surface area contributed by atoms with Crippen molar-refractivity contribution in [1.29, 1.82) is 0 Å². The summed E-state index contributed by atoms with van der Waals surface area (Å²) in [6, 6.07) is 16.5. The van der Waals surface area contributed by atoms with Gasteiger partial charge in [0.05, 0.1) is 11.0 Å². The SMILES string of the molecule is C=CCn1c(NCc2c[nH]c3ccccc23)nc2ccccc21. The third-order valence-corrected chi connectivity index (χ3v) is 4.08. The van der Waals surface area contributed by atoms with Crippen LogP contribution in [0.5, 0.6) is 0 Å². The number of aromatic amines is 1. The monoisotopic (exact) mass is 302 g/mol. The first kappa shape index (κ1) is 13.6. The maximum absolute atomic E-state index is 4.70. The fourth-order valence-electron chi connectivity index (χ4n) is 2.98. The lowest BCUT2D eigenvalue weighted by atomic mass is 10.2. The summed E-state index contributed by atoms with van der Waals surface area (Å²) in [6.07, 6.45) is 3.95. The van der Waals surface area contributed by atoms with E-state index in [1.54, 1.807) is 0 Å². The molecule has 4 nitrogen and oxygen atoms in total. The number of fused-ring (bicyclic) bond motifs is 2. The number of hydrogen-bond acceptors (Lipinski definition) is 2. The smallest absolute Gasteiger partial charge is 0.204 e. The van der Waals surface area contributed by atoms with Crippen LogP contribution >= 0.6 is 0 Å². The molecule has 0 saturated heterocycles. The molecule has 2 aromatic heterocycles. The highest BCUT2D eigenvalue weighted by molar-refractivity contribution is 5.83. The Kier molecular flexibility index (Phi) is 3.35. The number of H-pyrrole nitrogens is 1. The van der Waals surface area contributed by atoms with Gasteiger partial charge in [-0.15, -0.1) is 6.58 Å². The van der Waals surface area contributed by atoms with Crippen molar-refractivity contribution in [2.75, 3.05) is 5.32 Å². The number of hydrogen-bond donors (Lipinski definition) is 2. The van der Waals surface area contributed by atoms with E-state index >= 15 is 0 Å². The summed E-state index contributed by atoms with van der Waals surface area (Å²) in [5, 5.41) is 4.71. The molecule has 0 aliphatic rings. The summed E-state index contributed by atoms with van der Waals surface area (Å²) in [5.41, 5.74) is 4.51. The zero-order chi connectivity index (χ0) is 15.6. The molecule has 0 aliphatic heterocycles. The minimum absolute atomic E-state index is 0.727. The third kappa shape index (κ3) is 2.38. The van der Waals surface area contributed by atoms with Crippen molar-refractivity contribution in [2.24, 2.45) is 0 Å². The van der Waals surface area contributed by atoms with Crippen LogP contribution in [0.2, 0.25) is 0 Å². The molecule has 0 unspecified atom stereocenters. The topological polar surface area (TPSA) is 45.6 Å². The van der Waals surface area contributed by atoms with E-state index in [4.69, 9.17) is 4.98 Å². The Morgan fingerprint density at radius 2 is 1.96 bits per heavy atom. The molecule has 0 amide bonds. The van der Waals surface area contributed by atoms with Crippen molar-refractivity contribution in [3.05, 3.63) is 72.9 Å². The number of rotatable bonds is 5. The first-order valence-corrected chi connectivity index (χ1v) is 7.72. The van der Waals surface area contributed by atoms with Gasteiger partial charge in [-0.2, -0.15) is 0 Å². The summed E-state index contributed by atoms with van der Waals surface area (Å²) in [4.78, 5) is 8.01. The molecule has 0 saturated carbocycles. The van der Waals surface area contributed by atoms with Gasteiger partial charge in [-0.05, 0) is 23.8 Å². The van der Waals surface area contributed by atoms with Crippen molar-refractivity contribution in [3.8, 4) is 0 Å². The summed E-state index contributed by atoms with van der Waals surface area (Å²) < 4.78 is 2.15. The van der Waals surface area contributed by atoms with E-state index in [1.807, 2.05) is 30.3 Å². The molecule has 2 heterocycles. The number of anilines is 1. The van der Waals surface area contributed by atoms with Crippen molar-refractivity contribution in [3.63, 3.8) is 0 Å². The van der Waals surface area contributed by atoms with E-state index in [-0.39, 0.29) is 0 Å². The van der Waals surface area contributed by atoms with Crippen LogP contribution in [0.1, 0.15) is 5.56 Å². The highest BCUT2D eigenvalue weighted by atomic mass is 15.2. The van der Waals surface area contributed by atoms with Crippen molar-refractivity contribution in [2.45, 2.75) is 13.1 Å². The van der Waals surface area contributed by atoms with Crippen molar-refractivity contribution in [1.82, 2.24) is 14.5 Å². The number of imidazole rings is 1. The zero-order valence-corrected chi connectivity index (χ0v) is 12.8. The van der Waals surface area contributed by atoms with Gasteiger partial charge in [-0.3, -0.25) is 0 Å². The zero-order valence-electron chi connectivity index (χ0n) is 12.8. The van der Waals surface area contributed by atoms with E-state index < -0.39 is 0 Å². The minimum atomic E-state index is 0.727. The second-order valence-corrected chi connectivity index (χ2v) is 5.54. The minimum Gasteiger partial charge on any atom is -0.361 e. The maximum Gasteiger partial charge on any atom is 0.204 e. The fourth-order valence-corrected chi connectivity index (χ4v) is 2.98. The Balaban J connectivity index is 1.67. The largest absolute Gasteiger partial charge is 0.361 e. The number of allylic oxidation sites excluding steroid dienone is 1. The molecule has 4 aromatic rings. The standard InChI is InChI=1S/C19H18N4/c1-2-11-23-18-10-6-5-9-17(18)22-19(23)21-13-14-12-20-16-8-4-3-7-15(14)16/h2-10,12,20H,1,11,13H2,(H,21,22). The molecule has 2 N–H and O–H groups in total. The van der Waals surface area contributed by atoms with Gasteiger partial charge < -0.3 is 14.9 Å². The summed E-state index contributed by atoms with van der Waals surface area (Å²) in [6.45, 7) is 5.31. The maximum atomic E-state index is 4.70. The van der Waals surface area contributed by atoms with Gasteiger partial charge in [0, 0.05) is 30.2 Å². The lowest BCUT2D eigenvalue weighted by Crippen LogP contribution is -2.06. The summed E-state index contributed by atoms with van der Waals surface area (Å²) in [5.74, 6) is 0.872. The molecule has 0 aliphatic carbocycles. The van der Waals surface area contributed by atoms with Gasteiger partial charge in [0.1, 0.15) is 0 Å². The van der Waals surface area contributed by atoms with Gasteiger partial charge in [-0.25, -0.2) is 4.98 Å². The third-order valence-electron chi connectivity index (χ3n) is 4.08. The molecule has 0 bridgehead atoms. The second kappa shape index (κ2) is 5.65. The Morgan fingerprint density at radius 1 is 1.13 bits per heavy atom. The van der Waals surface area contributed by atoms with Gasteiger partial charge in [0.25, 0.3) is 0 Å². The van der Waals surface area contributed by atoms with E-state index in [1.165, 1.54) is 10.9 Å². The van der Waals surface area contributed by atoms with E-state index in [0.29, 0.717) is 0 Å². The van der Waals surface area contributed by atoms with Crippen LogP contribution < -0.4 is 5.32 Å². The van der Waals surface area contributed by atoms with E-state index in [9.17, 15) is 0 Å². The molecule has 0 fully saturated rings. The van der Waals surface area contributed by atoms with Crippen LogP contribution in [0.25, 0.3) is 21.9 Å². The van der Waals surface area contributed by atoms with Crippen LogP contribution in [-0.2, 0) is 13.1 Å². The normalized spacial score (nSPS) is 11.1. The Labute approximate surface area is 134 Å². The van der Waals surface area contributed by atoms with Gasteiger partial charge in [0.15, 0.2) is 0 Å². The molecule has 4 rings (SSSR count). The lowest BCUT2D eigenvalue weighted by molar-refractivity contribution is 0.847. The van der Waals surface area contributed by atoms with Gasteiger partial charge >= 0.3 is 0 Å². The number of nitrogens with zero attached hydrogens (tertiary/aromatic N) is 2. The summed E-state index contributed by atoms with van der Waals surface area (Å²) >= 11 is 0. The molecule has 4 heteroatoms. The van der Waals surface area contributed by atoms with Crippen molar-refractivity contribution >= 4 is 27.9 Å². The predicted octanol–water partition coefficient (Wildman–Crippen LogP) is 4.32. The van der Waals surface area contributed by atoms with Crippen LogP contribution in [0.4, 0.5) is 5.95 Å².